The number of amides is 1. The Labute approximate surface area is 242 Å². The molecule has 3 aromatic carbocycles. The summed E-state index contributed by atoms with van der Waals surface area (Å²) in [5, 5.41) is 3.26. The van der Waals surface area contributed by atoms with E-state index >= 15 is 0 Å². The summed E-state index contributed by atoms with van der Waals surface area (Å²) in [6, 6.07) is 18.6. The highest BCUT2D eigenvalue weighted by Gasteiger charge is 2.51. The second-order valence-electron chi connectivity index (χ2n) is 9.81. The molecule has 0 bridgehead atoms. The normalized spacial score (nSPS) is 12.4. The van der Waals surface area contributed by atoms with Crippen molar-refractivity contribution in [2.45, 2.75) is 60.4 Å². The SMILES string of the molecule is C=C(C(N)=O)C(CC)[Si](O[Si]c1cccc(C)c1C)(O[Si]c1cccc(C)c1C)O[Si]c1cccc(C)c1C. The fraction of sp³-hybridized carbons (Fsp3) is 0.300. The van der Waals surface area contributed by atoms with Gasteiger partial charge >= 0.3 is 8.80 Å². The van der Waals surface area contributed by atoms with Crippen LogP contribution in [-0.4, -0.2) is 44.0 Å². The molecule has 39 heavy (non-hydrogen) atoms. The Morgan fingerprint density at radius 2 is 1.08 bits per heavy atom. The molecule has 3 rings (SSSR count). The quantitative estimate of drug-likeness (QED) is 0.246. The Morgan fingerprint density at radius 1 is 0.744 bits per heavy atom. The van der Waals surface area contributed by atoms with E-state index in [1.165, 1.54) is 33.4 Å². The van der Waals surface area contributed by atoms with Gasteiger partial charge in [0.15, 0.2) is 0 Å². The van der Waals surface area contributed by atoms with Crippen LogP contribution in [0.1, 0.15) is 46.7 Å². The van der Waals surface area contributed by atoms with Crippen LogP contribution in [0.4, 0.5) is 0 Å². The molecular weight excluding hydrogens is 551 g/mol. The van der Waals surface area contributed by atoms with E-state index in [-0.39, 0.29) is 34.9 Å². The fourth-order valence-electron chi connectivity index (χ4n) is 4.12. The number of nitrogens with two attached hydrogens (primary N) is 1. The molecule has 202 valence electrons. The molecule has 0 saturated carbocycles. The van der Waals surface area contributed by atoms with Gasteiger partial charge in [-0.15, -0.1) is 0 Å². The molecule has 0 aliphatic carbocycles. The Hall–Kier alpha value is -2.38. The van der Waals surface area contributed by atoms with Crippen molar-refractivity contribution in [3.05, 3.63) is 100 Å². The van der Waals surface area contributed by atoms with E-state index < -0.39 is 20.3 Å². The average Bonchev–Trinajstić information content (AvgIpc) is 2.91. The lowest BCUT2D eigenvalue weighted by molar-refractivity contribution is -0.114. The molecule has 0 aromatic heterocycles. The minimum atomic E-state index is -3.58. The lowest BCUT2D eigenvalue weighted by Crippen LogP contribution is -2.57. The zero-order valence-electron chi connectivity index (χ0n) is 23.9. The number of aryl methyl sites for hydroxylation is 3. The highest BCUT2D eigenvalue weighted by atomic mass is 28.5. The van der Waals surface area contributed by atoms with Crippen LogP contribution in [0.5, 0.6) is 0 Å². The van der Waals surface area contributed by atoms with E-state index in [2.05, 4.69) is 84.5 Å². The third-order valence-electron chi connectivity index (χ3n) is 7.30. The Morgan fingerprint density at radius 3 is 1.36 bits per heavy atom. The summed E-state index contributed by atoms with van der Waals surface area (Å²) in [5.74, 6) is -0.560. The first-order valence-electron chi connectivity index (χ1n) is 13.0. The van der Waals surface area contributed by atoms with Gasteiger partial charge in [0.1, 0.15) is 0 Å². The summed E-state index contributed by atoms with van der Waals surface area (Å²) in [6.45, 7) is 18.7. The van der Waals surface area contributed by atoms with Crippen molar-refractivity contribution in [3.8, 4) is 0 Å². The number of hydrogen-bond donors (Lipinski definition) is 1. The van der Waals surface area contributed by atoms with Crippen LogP contribution in [0.15, 0.2) is 66.7 Å². The topological polar surface area (TPSA) is 70.8 Å². The predicted octanol–water partition coefficient (Wildman–Crippen LogP) is 3.48. The molecule has 5 nitrogen and oxygen atoms in total. The monoisotopic (exact) mass is 587 g/mol. The molecule has 1 unspecified atom stereocenters. The van der Waals surface area contributed by atoms with Gasteiger partial charge in [-0.25, -0.2) is 0 Å². The molecule has 0 aliphatic rings. The minimum Gasteiger partial charge on any atom is -0.411 e. The van der Waals surface area contributed by atoms with E-state index in [9.17, 15) is 4.79 Å². The number of rotatable bonds is 13. The summed E-state index contributed by atoms with van der Waals surface area (Å²) >= 11 is 0. The summed E-state index contributed by atoms with van der Waals surface area (Å²) in [4.78, 5) is 12.5. The molecule has 0 heterocycles. The summed E-state index contributed by atoms with van der Waals surface area (Å²) in [6.07, 6.45) is 0.555. The fourth-order valence-corrected chi connectivity index (χ4v) is 13.1. The summed E-state index contributed by atoms with van der Waals surface area (Å²) in [7, 11) is -3.63. The van der Waals surface area contributed by atoms with Crippen molar-refractivity contribution in [1.29, 1.82) is 0 Å². The van der Waals surface area contributed by atoms with E-state index in [1.807, 2.05) is 25.1 Å². The van der Waals surface area contributed by atoms with Gasteiger partial charge in [0.25, 0.3) is 29.3 Å². The number of carbonyl (C=O) groups is 1. The summed E-state index contributed by atoms with van der Waals surface area (Å²) in [5.41, 5.74) is 12.7. The number of primary amides is 1. The zero-order chi connectivity index (χ0) is 28.7. The highest BCUT2D eigenvalue weighted by Crippen LogP contribution is 2.34. The van der Waals surface area contributed by atoms with Gasteiger partial charge < -0.3 is 18.1 Å². The third kappa shape index (κ3) is 7.43. The van der Waals surface area contributed by atoms with Crippen molar-refractivity contribution in [1.82, 2.24) is 0 Å². The van der Waals surface area contributed by atoms with Crippen molar-refractivity contribution in [3.63, 3.8) is 0 Å². The van der Waals surface area contributed by atoms with Crippen LogP contribution in [0, 0.1) is 41.5 Å². The molecule has 1 amide bonds. The van der Waals surface area contributed by atoms with E-state index in [0.717, 1.165) is 15.6 Å². The maximum absolute atomic E-state index is 12.5. The van der Waals surface area contributed by atoms with E-state index in [1.54, 1.807) is 0 Å². The molecular formula is C30H37NO4Si4. The Kier molecular flexibility index (Phi) is 11.0. The first-order chi connectivity index (χ1) is 18.5. The van der Waals surface area contributed by atoms with Crippen molar-refractivity contribution >= 4 is 59.6 Å². The maximum Gasteiger partial charge on any atom is 0.477 e. The first kappa shape index (κ1) is 31.1. The Balaban J connectivity index is 2.09. The van der Waals surface area contributed by atoms with Crippen LogP contribution >= 0.6 is 0 Å². The molecule has 0 fully saturated rings. The van der Waals surface area contributed by atoms with Crippen LogP contribution in [0.3, 0.4) is 0 Å². The molecule has 2 N–H and O–H groups in total. The first-order valence-corrected chi connectivity index (χ1v) is 17.5. The van der Waals surface area contributed by atoms with Gasteiger partial charge in [-0.3, -0.25) is 4.79 Å². The van der Waals surface area contributed by atoms with E-state index in [0.29, 0.717) is 6.42 Å². The smallest absolute Gasteiger partial charge is 0.411 e. The number of carbonyl (C=O) groups excluding carboxylic acids is 1. The van der Waals surface area contributed by atoms with Crippen molar-refractivity contribution in [2.24, 2.45) is 5.73 Å². The largest absolute Gasteiger partial charge is 0.477 e. The molecule has 6 radical (unpaired) electrons. The lowest BCUT2D eigenvalue weighted by atomic mass is 10.1. The van der Waals surface area contributed by atoms with Crippen molar-refractivity contribution in [2.75, 3.05) is 0 Å². The van der Waals surface area contributed by atoms with Crippen LogP contribution in [0.25, 0.3) is 0 Å². The van der Waals surface area contributed by atoms with E-state index in [4.69, 9.17) is 18.1 Å². The van der Waals surface area contributed by atoms with Crippen molar-refractivity contribution < 1.29 is 17.1 Å². The lowest BCUT2D eigenvalue weighted by Gasteiger charge is -2.37. The number of benzene rings is 3. The average molecular weight is 588 g/mol. The predicted molar refractivity (Wildman–Crippen MR) is 165 cm³/mol. The maximum atomic E-state index is 12.5. The molecule has 0 spiro atoms. The second kappa shape index (κ2) is 13.8. The third-order valence-corrected chi connectivity index (χ3v) is 15.8. The van der Waals surface area contributed by atoms with Gasteiger partial charge in [0.2, 0.25) is 5.91 Å². The van der Waals surface area contributed by atoms with Crippen LogP contribution < -0.4 is 21.3 Å². The standard InChI is InChI=1S/C30H37NO4Si4/c1-9-29(25(8)30(31)32)39(33-36-26-16-10-13-19(2)22(26)5,34-37-27-17-11-14-20(3)23(27)6)35-38-28-18-12-15-21(4)24(28)7/h10-18,29H,8-9H2,1-7H3,(H2,31,32). The molecule has 9 heteroatoms. The van der Waals surface area contributed by atoms with Crippen LogP contribution in [-0.2, 0) is 17.1 Å². The van der Waals surface area contributed by atoms with Gasteiger partial charge in [0, 0.05) is 5.57 Å². The second-order valence-corrected chi connectivity index (χ2v) is 16.4. The van der Waals surface area contributed by atoms with Gasteiger partial charge in [-0.05, 0) is 96.9 Å². The minimum absolute atomic E-state index is 0.0146. The zero-order valence-corrected chi connectivity index (χ0v) is 27.9. The van der Waals surface area contributed by atoms with Crippen LogP contribution in [0.2, 0.25) is 5.54 Å². The van der Waals surface area contributed by atoms with Gasteiger partial charge in [0.05, 0.1) is 5.54 Å². The summed E-state index contributed by atoms with van der Waals surface area (Å²) < 4.78 is 20.5. The van der Waals surface area contributed by atoms with Gasteiger partial charge in [-0.1, -0.05) is 68.1 Å². The van der Waals surface area contributed by atoms with Gasteiger partial charge in [-0.2, -0.15) is 0 Å². The molecule has 0 aliphatic heterocycles. The number of hydrogen-bond acceptors (Lipinski definition) is 4. The highest BCUT2D eigenvalue weighted by molar-refractivity contribution is 6.80. The Bertz CT molecular complexity index is 1210. The molecule has 3 aromatic rings. The molecule has 1 atom stereocenters. The molecule has 0 saturated heterocycles.